The Labute approximate surface area is 97.0 Å². The number of piperazine rings is 1. The highest BCUT2D eigenvalue weighted by molar-refractivity contribution is 5.67. The Balaban J connectivity index is 2.23. The van der Waals surface area contributed by atoms with E-state index in [0.29, 0.717) is 5.92 Å². The van der Waals surface area contributed by atoms with Crippen molar-refractivity contribution in [3.8, 4) is 0 Å². The predicted octanol–water partition coefficient (Wildman–Crippen LogP) is 0.389. The molecule has 0 spiro atoms. The van der Waals surface area contributed by atoms with Gasteiger partial charge in [-0.1, -0.05) is 13.8 Å². The van der Waals surface area contributed by atoms with Crippen LogP contribution in [0.4, 0.5) is 4.79 Å². The average molecular weight is 230 g/mol. The number of nitrogens with zero attached hydrogens (tertiary/aromatic N) is 2. The Kier molecular flexibility index (Phi) is 5.55. The number of carbonyl (C=O) groups is 1. The van der Waals surface area contributed by atoms with Gasteiger partial charge in [-0.15, -0.1) is 0 Å². The third-order valence-corrected chi connectivity index (χ3v) is 2.57. The molecule has 1 rings (SSSR count). The van der Waals surface area contributed by atoms with Crippen molar-refractivity contribution in [2.75, 3.05) is 45.9 Å². The van der Waals surface area contributed by atoms with Gasteiger partial charge < -0.3 is 14.7 Å². The fourth-order valence-electron chi connectivity index (χ4n) is 1.85. The summed E-state index contributed by atoms with van der Waals surface area (Å²) >= 11 is 0. The third kappa shape index (κ3) is 4.37. The zero-order valence-electron chi connectivity index (χ0n) is 10.2. The van der Waals surface area contributed by atoms with Gasteiger partial charge in [0.05, 0.1) is 6.61 Å². The minimum atomic E-state index is -0.307. The molecule has 5 nitrogen and oxygen atoms in total. The van der Waals surface area contributed by atoms with Crippen molar-refractivity contribution in [2.45, 2.75) is 13.8 Å². The van der Waals surface area contributed by atoms with E-state index in [0.717, 1.165) is 32.7 Å². The maximum absolute atomic E-state index is 11.5. The molecule has 1 saturated heterocycles. The van der Waals surface area contributed by atoms with E-state index < -0.39 is 0 Å². The number of hydrogen-bond acceptors (Lipinski definition) is 4. The molecular weight excluding hydrogens is 208 g/mol. The minimum Gasteiger partial charge on any atom is -0.447 e. The molecule has 0 aromatic rings. The summed E-state index contributed by atoms with van der Waals surface area (Å²) in [6.07, 6.45) is -0.307. The van der Waals surface area contributed by atoms with Crippen LogP contribution in [0.5, 0.6) is 0 Å². The second-order valence-electron chi connectivity index (χ2n) is 4.52. The number of rotatable bonds is 4. The Morgan fingerprint density at radius 3 is 2.44 bits per heavy atom. The fraction of sp³-hybridized carbons (Fsp3) is 0.909. The topological polar surface area (TPSA) is 53.0 Å². The van der Waals surface area contributed by atoms with Crippen LogP contribution in [0.25, 0.3) is 0 Å². The normalized spacial score (nSPS) is 17.9. The van der Waals surface area contributed by atoms with Crippen LogP contribution in [-0.4, -0.2) is 66.9 Å². The molecule has 1 heterocycles. The monoisotopic (exact) mass is 230 g/mol. The predicted molar refractivity (Wildman–Crippen MR) is 61.3 cm³/mol. The molecule has 1 aliphatic heterocycles. The fourth-order valence-corrected chi connectivity index (χ4v) is 1.85. The van der Waals surface area contributed by atoms with Gasteiger partial charge in [0.15, 0.2) is 0 Å². The summed E-state index contributed by atoms with van der Waals surface area (Å²) < 4.78 is 4.87. The SMILES string of the molecule is CC(C)CN1CCN(C(=O)OCCO)CC1. The van der Waals surface area contributed by atoms with Crippen molar-refractivity contribution in [3.05, 3.63) is 0 Å². The van der Waals surface area contributed by atoms with Crippen molar-refractivity contribution in [1.29, 1.82) is 0 Å². The molecule has 0 aromatic carbocycles. The van der Waals surface area contributed by atoms with Gasteiger partial charge in [0, 0.05) is 32.7 Å². The minimum absolute atomic E-state index is 0.0883. The molecule has 1 aliphatic rings. The number of carbonyl (C=O) groups excluding carboxylic acids is 1. The van der Waals surface area contributed by atoms with Crippen molar-refractivity contribution in [3.63, 3.8) is 0 Å². The number of aliphatic hydroxyl groups excluding tert-OH is 1. The lowest BCUT2D eigenvalue weighted by Gasteiger charge is -2.34. The lowest BCUT2D eigenvalue weighted by molar-refractivity contribution is 0.0623. The van der Waals surface area contributed by atoms with Gasteiger partial charge >= 0.3 is 6.09 Å². The summed E-state index contributed by atoms with van der Waals surface area (Å²) in [6.45, 7) is 8.71. The van der Waals surface area contributed by atoms with Gasteiger partial charge in [0.1, 0.15) is 6.61 Å². The van der Waals surface area contributed by atoms with Gasteiger partial charge in [0.25, 0.3) is 0 Å². The molecule has 0 bridgehead atoms. The van der Waals surface area contributed by atoms with E-state index in [1.54, 1.807) is 4.90 Å². The molecule has 5 heteroatoms. The molecule has 1 amide bonds. The zero-order valence-corrected chi connectivity index (χ0v) is 10.2. The van der Waals surface area contributed by atoms with E-state index in [-0.39, 0.29) is 19.3 Å². The van der Waals surface area contributed by atoms with Gasteiger partial charge in [-0.05, 0) is 5.92 Å². The van der Waals surface area contributed by atoms with Crippen molar-refractivity contribution in [1.82, 2.24) is 9.80 Å². The first-order chi connectivity index (χ1) is 7.63. The molecule has 94 valence electrons. The van der Waals surface area contributed by atoms with E-state index in [1.165, 1.54) is 0 Å². The standard InChI is InChI=1S/C11H22N2O3/c1-10(2)9-12-3-5-13(6-4-12)11(15)16-8-7-14/h10,14H,3-9H2,1-2H3. The molecule has 1 N–H and O–H groups in total. The lowest BCUT2D eigenvalue weighted by Crippen LogP contribution is -2.49. The quantitative estimate of drug-likeness (QED) is 0.759. The smallest absolute Gasteiger partial charge is 0.409 e. The first-order valence-electron chi connectivity index (χ1n) is 5.88. The second-order valence-corrected chi connectivity index (χ2v) is 4.52. The first-order valence-corrected chi connectivity index (χ1v) is 5.88. The summed E-state index contributed by atoms with van der Waals surface area (Å²) in [6, 6.07) is 0. The summed E-state index contributed by atoms with van der Waals surface area (Å²) in [5.74, 6) is 0.660. The Bertz CT molecular complexity index is 213. The van der Waals surface area contributed by atoms with Crippen LogP contribution in [0.3, 0.4) is 0 Å². The van der Waals surface area contributed by atoms with E-state index in [4.69, 9.17) is 9.84 Å². The molecule has 16 heavy (non-hydrogen) atoms. The van der Waals surface area contributed by atoms with Crippen molar-refractivity contribution < 1.29 is 14.6 Å². The van der Waals surface area contributed by atoms with Crippen LogP contribution >= 0.6 is 0 Å². The summed E-state index contributed by atoms with van der Waals surface area (Å²) in [4.78, 5) is 15.5. The highest BCUT2D eigenvalue weighted by Crippen LogP contribution is 2.06. The molecular formula is C11H22N2O3. The Hall–Kier alpha value is -0.810. The number of aliphatic hydroxyl groups is 1. The van der Waals surface area contributed by atoms with Crippen LogP contribution in [0.1, 0.15) is 13.8 Å². The largest absolute Gasteiger partial charge is 0.447 e. The number of ether oxygens (including phenoxy) is 1. The summed E-state index contributed by atoms with van der Waals surface area (Å²) in [5.41, 5.74) is 0. The van der Waals surface area contributed by atoms with Crippen LogP contribution in [0.15, 0.2) is 0 Å². The van der Waals surface area contributed by atoms with Gasteiger partial charge in [-0.25, -0.2) is 4.79 Å². The molecule has 0 aromatic heterocycles. The molecule has 1 fully saturated rings. The highest BCUT2D eigenvalue weighted by atomic mass is 16.6. The second kappa shape index (κ2) is 6.70. The first kappa shape index (κ1) is 13.3. The van der Waals surface area contributed by atoms with Gasteiger partial charge in [0.2, 0.25) is 0 Å². The van der Waals surface area contributed by atoms with Gasteiger partial charge in [-0.2, -0.15) is 0 Å². The lowest BCUT2D eigenvalue weighted by atomic mass is 10.2. The highest BCUT2D eigenvalue weighted by Gasteiger charge is 2.21. The molecule has 0 radical (unpaired) electrons. The maximum atomic E-state index is 11.5. The van der Waals surface area contributed by atoms with Crippen LogP contribution in [0.2, 0.25) is 0 Å². The van der Waals surface area contributed by atoms with Crippen molar-refractivity contribution >= 4 is 6.09 Å². The average Bonchev–Trinajstić information content (AvgIpc) is 2.26. The van der Waals surface area contributed by atoms with Crippen molar-refractivity contribution in [2.24, 2.45) is 5.92 Å². The van der Waals surface area contributed by atoms with Gasteiger partial charge in [-0.3, -0.25) is 4.90 Å². The zero-order chi connectivity index (χ0) is 12.0. The number of hydrogen-bond donors (Lipinski definition) is 1. The number of amides is 1. The van der Waals surface area contributed by atoms with E-state index in [1.807, 2.05) is 0 Å². The molecule has 0 atom stereocenters. The Morgan fingerprint density at radius 1 is 1.31 bits per heavy atom. The Morgan fingerprint density at radius 2 is 1.94 bits per heavy atom. The maximum Gasteiger partial charge on any atom is 0.409 e. The van der Waals surface area contributed by atoms with Crippen LogP contribution in [0, 0.1) is 5.92 Å². The van der Waals surface area contributed by atoms with E-state index in [2.05, 4.69) is 18.7 Å². The molecule has 0 aliphatic carbocycles. The molecule has 0 saturated carbocycles. The third-order valence-electron chi connectivity index (χ3n) is 2.57. The summed E-state index contributed by atoms with van der Waals surface area (Å²) in [7, 11) is 0. The van der Waals surface area contributed by atoms with Crippen LogP contribution < -0.4 is 0 Å². The molecule has 0 unspecified atom stereocenters. The van der Waals surface area contributed by atoms with E-state index in [9.17, 15) is 4.79 Å². The summed E-state index contributed by atoms with van der Waals surface area (Å²) in [5, 5.41) is 8.55. The van der Waals surface area contributed by atoms with Crippen LogP contribution in [-0.2, 0) is 4.74 Å². The van der Waals surface area contributed by atoms with E-state index >= 15 is 0 Å².